The Labute approximate surface area is 892 Å². The van der Waals surface area contributed by atoms with E-state index in [2.05, 4.69) is 509 Å². The number of hydrogen-bond donors (Lipinski definition) is 0. The molecule has 2 saturated carbocycles. The van der Waals surface area contributed by atoms with Gasteiger partial charge in [0.25, 0.3) is 0 Å². The predicted molar refractivity (Wildman–Crippen MR) is 623 cm³/mol. The van der Waals surface area contributed by atoms with Gasteiger partial charge in [0.05, 0.1) is 34.2 Å². The molecule has 144 heavy (non-hydrogen) atoms. The fraction of sp³-hybridized carbons (Fsp3) is 0.328. The SMILES string of the molecule is CC(C)(C)c1ccnc(-c2ccc(-c3cc(C(C)(C)C)ccc3C3CC(c4ccccc4-c4ccc(-c5ccc(-c6ccccc6C6CC(c7ccc(C(C)(C)C)cc7-c7ccc(-c8cc(C(C)(C)C)ccn8)cc7Br)CC(c7ccc(C(C)(C)C)cc7-c7ccc(-c8cc(C(C)(C)C)ccn8)cc7Br)C6)cn5)nc4)CC(c4ccc(C(C)(C)C)cc4-c4ccc(-c5cc(C(C)(C)C)ccn5)cc4Br)C3)c(Br)c2)c1. The van der Waals surface area contributed by atoms with Crippen LogP contribution in [0, 0.1) is 0 Å². The fourth-order valence-electron chi connectivity index (χ4n) is 22.0. The molecule has 2 fully saturated rings. The number of halogens is 4. The number of benzene rings is 10. The summed E-state index contributed by atoms with van der Waals surface area (Å²) in [6.45, 7) is 55.3. The van der Waals surface area contributed by atoms with Crippen molar-refractivity contribution in [2.75, 3.05) is 0 Å². The van der Waals surface area contributed by atoms with Gasteiger partial charge in [-0.25, -0.2) is 0 Å². The Morgan fingerprint density at radius 2 is 0.375 bits per heavy atom. The van der Waals surface area contributed by atoms with E-state index in [0.717, 1.165) is 124 Å². The van der Waals surface area contributed by atoms with E-state index in [-0.39, 0.29) is 78.8 Å². The fourth-order valence-corrected chi connectivity index (χ4v) is 24.4. The molecule has 0 bridgehead atoms. The molecular weight excluding hydrogens is 2010 g/mol. The highest BCUT2D eigenvalue weighted by atomic mass is 79.9. The van der Waals surface area contributed by atoms with Crippen LogP contribution in [-0.4, -0.2) is 29.9 Å². The predicted octanol–water partition coefficient (Wildman–Crippen LogP) is 39.5. The highest BCUT2D eigenvalue weighted by molar-refractivity contribution is 9.11. The first-order valence-corrected chi connectivity index (χ1v) is 55.0. The molecule has 0 radical (unpaired) electrons. The zero-order valence-corrected chi connectivity index (χ0v) is 95.1. The number of pyridine rings is 6. The summed E-state index contributed by atoms with van der Waals surface area (Å²) in [6, 6.07) is 102. The molecule has 10 heteroatoms. The highest BCUT2D eigenvalue weighted by Crippen LogP contribution is 2.58. The summed E-state index contributed by atoms with van der Waals surface area (Å²) in [7, 11) is 0. The maximum absolute atomic E-state index is 5.42. The zero-order chi connectivity index (χ0) is 102. The molecule has 4 unspecified atom stereocenters. The molecule has 18 rings (SSSR count). The van der Waals surface area contributed by atoms with Gasteiger partial charge >= 0.3 is 0 Å². The van der Waals surface area contributed by atoms with E-state index in [1.807, 2.05) is 24.8 Å². The Kier molecular flexibility index (Phi) is 28.9. The van der Waals surface area contributed by atoms with Crippen molar-refractivity contribution in [3.8, 4) is 123 Å². The topological polar surface area (TPSA) is 77.3 Å². The maximum atomic E-state index is 5.42. The summed E-state index contributed by atoms with van der Waals surface area (Å²) in [5.41, 5.74) is 42.2. The smallest absolute Gasteiger partial charge is 0.0886 e. The lowest BCUT2D eigenvalue weighted by Gasteiger charge is -2.39. The lowest BCUT2D eigenvalue weighted by atomic mass is 9.65. The molecule has 0 spiro atoms. The van der Waals surface area contributed by atoms with Crippen molar-refractivity contribution in [1.29, 1.82) is 0 Å². The molecule has 6 aromatic heterocycles. The number of hydrogen-bond acceptors (Lipinski definition) is 6. The maximum Gasteiger partial charge on any atom is 0.0886 e. The van der Waals surface area contributed by atoms with Gasteiger partial charge in [-0.3, -0.25) is 29.9 Å². The molecule has 0 amide bonds. The molecule has 2 aliphatic carbocycles. The van der Waals surface area contributed by atoms with Crippen LogP contribution in [0.25, 0.3) is 123 Å². The Balaban J connectivity index is 0.710. The molecule has 734 valence electrons. The first-order chi connectivity index (χ1) is 68.0. The van der Waals surface area contributed by atoms with Crippen LogP contribution in [0.3, 0.4) is 0 Å². The van der Waals surface area contributed by atoms with Crippen molar-refractivity contribution in [2.24, 2.45) is 0 Å². The number of aromatic nitrogens is 6. The summed E-state index contributed by atoms with van der Waals surface area (Å²) in [5, 5.41) is 0. The van der Waals surface area contributed by atoms with Crippen molar-refractivity contribution in [2.45, 2.75) is 284 Å². The van der Waals surface area contributed by atoms with Gasteiger partial charge in [-0.2, -0.15) is 0 Å². The zero-order valence-electron chi connectivity index (χ0n) is 88.8. The van der Waals surface area contributed by atoms with Crippen LogP contribution in [-0.2, 0) is 43.3 Å². The molecule has 4 atom stereocenters. The summed E-state index contributed by atoms with van der Waals surface area (Å²) >= 11 is 17.0. The average molecular weight is 2150 g/mol. The molecular formula is C134H140Br4N6. The summed E-state index contributed by atoms with van der Waals surface area (Å²) < 4.78 is 4.22. The quantitative estimate of drug-likeness (QED) is 0.0904. The van der Waals surface area contributed by atoms with Gasteiger partial charge in [-0.1, -0.05) is 412 Å². The largest absolute Gasteiger partial charge is 0.256 e. The number of rotatable bonds is 17. The minimum absolute atomic E-state index is 0.0213. The van der Waals surface area contributed by atoms with Crippen LogP contribution in [0.2, 0.25) is 0 Å². The van der Waals surface area contributed by atoms with Gasteiger partial charge in [0.2, 0.25) is 0 Å². The second-order valence-electron chi connectivity index (χ2n) is 49.3. The van der Waals surface area contributed by atoms with Crippen LogP contribution >= 0.6 is 63.7 Å². The van der Waals surface area contributed by atoms with Gasteiger partial charge < -0.3 is 0 Å². The third kappa shape index (κ3) is 22.3. The average Bonchev–Trinajstić information content (AvgIpc) is 0.750. The number of nitrogens with zero attached hydrogens (tertiary/aromatic N) is 6. The van der Waals surface area contributed by atoms with Crippen molar-refractivity contribution in [3.63, 3.8) is 0 Å². The van der Waals surface area contributed by atoms with Gasteiger partial charge in [0.1, 0.15) is 0 Å². The third-order valence-electron chi connectivity index (χ3n) is 30.8. The van der Waals surface area contributed by atoms with E-state index in [9.17, 15) is 0 Å². The lowest BCUT2D eigenvalue weighted by Crippen LogP contribution is -2.22. The van der Waals surface area contributed by atoms with Gasteiger partial charge in [-0.15, -0.1) is 0 Å². The molecule has 0 aliphatic heterocycles. The van der Waals surface area contributed by atoms with Crippen molar-refractivity contribution >= 4 is 63.7 Å². The first-order valence-electron chi connectivity index (χ1n) is 51.8. The Morgan fingerprint density at radius 3 is 0.576 bits per heavy atom. The van der Waals surface area contributed by atoms with Crippen LogP contribution in [0.4, 0.5) is 0 Å². The van der Waals surface area contributed by atoms with Gasteiger partial charge in [0.15, 0.2) is 0 Å². The minimum atomic E-state index is -0.103. The van der Waals surface area contributed by atoms with E-state index in [4.69, 9.17) is 29.9 Å². The molecule has 0 saturated heterocycles. The lowest BCUT2D eigenvalue weighted by molar-refractivity contribution is 0.352. The standard InChI is InChI=1S/C134H140Br4N6/c1-127(2,3)93-39-47-105(113(71-93)109-43-33-81(67-117(109)135)123-75-97(53-57-139-123)131(13,14)15)89-61-87(62-90(65-89)106-48-40-94(128(4,5)6)72-114(106)110-44-34-82(68-118(110)136)124-76-98(54-58-140-124)132(16,17)18)103-31-27-25-29-101(103)85-37-51-121(143-79-85)122-52-38-86(80-144-122)102-30-26-28-32-104(102)88-63-91(107-49-41-95(129(7,8)9)73-115(107)111-45-35-83(69-119(111)137)125-77-99(55-59-141-125)133(19,20)21)66-92(64-88)108-50-42-96(130(10,11)12)74-116(108)112-46-36-84(70-120(112)138)126-78-100(56-60-142-126)134(22,23)24/h25-60,67-80,87-92H,61-66H2,1-24H3. The van der Waals surface area contributed by atoms with E-state index < -0.39 is 0 Å². The molecule has 16 aromatic rings. The molecule has 10 aromatic carbocycles. The van der Waals surface area contributed by atoms with Crippen molar-refractivity contribution in [3.05, 3.63) is 400 Å². The van der Waals surface area contributed by atoms with Crippen molar-refractivity contribution < 1.29 is 0 Å². The van der Waals surface area contributed by atoms with Crippen LogP contribution in [0.15, 0.2) is 322 Å². The Bertz CT molecular complexity index is 6690. The van der Waals surface area contributed by atoms with Crippen LogP contribution in [0.1, 0.15) is 318 Å². The van der Waals surface area contributed by atoms with Crippen molar-refractivity contribution in [1.82, 2.24) is 29.9 Å². The molecule has 6 nitrogen and oxygen atoms in total. The molecule has 2 aliphatic rings. The molecule has 6 heterocycles. The van der Waals surface area contributed by atoms with E-state index >= 15 is 0 Å². The van der Waals surface area contributed by atoms with E-state index in [1.165, 1.54) is 134 Å². The summed E-state index contributed by atoms with van der Waals surface area (Å²) in [5.74, 6) is 0.964. The highest BCUT2D eigenvalue weighted by Gasteiger charge is 2.40. The minimum Gasteiger partial charge on any atom is -0.256 e. The second-order valence-corrected chi connectivity index (χ2v) is 52.8. The van der Waals surface area contributed by atoms with Crippen LogP contribution < -0.4 is 0 Å². The van der Waals surface area contributed by atoms with E-state index in [0.29, 0.717) is 0 Å². The summed E-state index contributed by atoms with van der Waals surface area (Å²) in [4.78, 5) is 30.7. The van der Waals surface area contributed by atoms with E-state index in [1.54, 1.807) is 0 Å². The summed E-state index contributed by atoms with van der Waals surface area (Å²) in [6.07, 6.45) is 17.8. The Morgan fingerprint density at radius 1 is 0.174 bits per heavy atom. The third-order valence-corrected chi connectivity index (χ3v) is 33.4. The first kappa shape index (κ1) is 103. The normalized spacial score (nSPS) is 16.9. The van der Waals surface area contributed by atoms with Crippen LogP contribution in [0.5, 0.6) is 0 Å². The molecule has 0 N–H and O–H groups in total. The Hall–Kier alpha value is -11.0. The van der Waals surface area contributed by atoms with Gasteiger partial charge in [-0.05, 0) is 336 Å². The monoisotopic (exact) mass is 2150 g/mol. The van der Waals surface area contributed by atoms with Gasteiger partial charge in [0, 0.05) is 88.5 Å². The second kappa shape index (κ2) is 40.3.